The zero-order valence-corrected chi connectivity index (χ0v) is 7.62. The molecule has 0 radical (unpaired) electrons. The molecular weight excluding hydrogens is 152 g/mol. The van der Waals surface area contributed by atoms with Crippen molar-refractivity contribution in [2.24, 2.45) is 11.5 Å². The van der Waals surface area contributed by atoms with Gasteiger partial charge >= 0.3 is 0 Å². The van der Waals surface area contributed by atoms with Crippen LogP contribution in [-0.2, 0) is 4.74 Å². The van der Waals surface area contributed by atoms with Crippen molar-refractivity contribution in [1.29, 1.82) is 0 Å². The van der Waals surface area contributed by atoms with Gasteiger partial charge in [-0.05, 0) is 19.3 Å². The standard InChI is InChI=1S/C9H18N2O/c1-2-4-9(11)5-3-6(10)7-8(9)12-7/h6-8H,2-5,10-11H2,1H3. The fourth-order valence-corrected chi connectivity index (χ4v) is 2.39. The minimum absolute atomic E-state index is 0.0602. The summed E-state index contributed by atoms with van der Waals surface area (Å²) in [5.41, 5.74) is 12.0. The van der Waals surface area contributed by atoms with Crippen LogP contribution >= 0.6 is 0 Å². The van der Waals surface area contributed by atoms with Crippen molar-refractivity contribution < 1.29 is 4.74 Å². The Hall–Kier alpha value is -0.120. The number of ether oxygens (including phenoxy) is 1. The summed E-state index contributed by atoms with van der Waals surface area (Å²) in [5, 5.41) is 0. The Kier molecular flexibility index (Phi) is 1.90. The monoisotopic (exact) mass is 170 g/mol. The quantitative estimate of drug-likeness (QED) is 0.589. The van der Waals surface area contributed by atoms with Gasteiger partial charge in [-0.2, -0.15) is 0 Å². The van der Waals surface area contributed by atoms with Gasteiger partial charge in [-0.25, -0.2) is 0 Å². The number of hydrogen-bond donors (Lipinski definition) is 2. The molecule has 2 aliphatic rings. The van der Waals surface area contributed by atoms with Gasteiger partial charge in [-0.3, -0.25) is 0 Å². The van der Waals surface area contributed by atoms with E-state index in [0.29, 0.717) is 0 Å². The lowest BCUT2D eigenvalue weighted by atomic mass is 9.78. The minimum atomic E-state index is -0.0602. The summed E-state index contributed by atoms with van der Waals surface area (Å²) < 4.78 is 5.51. The van der Waals surface area contributed by atoms with E-state index in [1.165, 1.54) is 0 Å². The molecule has 4 unspecified atom stereocenters. The van der Waals surface area contributed by atoms with Crippen LogP contribution in [0.4, 0.5) is 0 Å². The molecule has 3 heteroatoms. The van der Waals surface area contributed by atoms with Crippen molar-refractivity contribution in [3.8, 4) is 0 Å². The summed E-state index contributed by atoms with van der Waals surface area (Å²) in [6.07, 6.45) is 4.80. The first kappa shape index (κ1) is 8.48. The molecule has 1 saturated heterocycles. The third kappa shape index (κ3) is 1.16. The van der Waals surface area contributed by atoms with Crippen molar-refractivity contribution in [3.05, 3.63) is 0 Å². The first-order valence-electron chi connectivity index (χ1n) is 4.87. The van der Waals surface area contributed by atoms with Gasteiger partial charge in [-0.15, -0.1) is 0 Å². The molecular formula is C9H18N2O. The minimum Gasteiger partial charge on any atom is -0.366 e. The molecule has 4 N–H and O–H groups in total. The van der Waals surface area contributed by atoms with E-state index in [1.54, 1.807) is 0 Å². The molecule has 1 aliphatic carbocycles. The predicted molar refractivity (Wildman–Crippen MR) is 47.7 cm³/mol. The van der Waals surface area contributed by atoms with Crippen LogP contribution in [-0.4, -0.2) is 23.8 Å². The summed E-state index contributed by atoms with van der Waals surface area (Å²) in [7, 11) is 0. The third-order valence-corrected chi connectivity index (χ3v) is 3.17. The number of hydrogen-bond acceptors (Lipinski definition) is 3. The maximum absolute atomic E-state index is 6.24. The van der Waals surface area contributed by atoms with Crippen LogP contribution < -0.4 is 11.5 Å². The Balaban J connectivity index is 2.01. The maximum Gasteiger partial charge on any atom is 0.104 e. The number of fused-ring (bicyclic) bond motifs is 1. The average Bonchev–Trinajstić information content (AvgIpc) is 2.78. The van der Waals surface area contributed by atoms with Gasteiger partial charge in [0.1, 0.15) is 12.2 Å². The zero-order chi connectivity index (χ0) is 8.77. The largest absolute Gasteiger partial charge is 0.366 e. The molecule has 4 atom stereocenters. The topological polar surface area (TPSA) is 64.6 Å². The molecule has 0 amide bonds. The van der Waals surface area contributed by atoms with Gasteiger partial charge in [0, 0.05) is 11.6 Å². The van der Waals surface area contributed by atoms with Crippen LogP contribution in [0.1, 0.15) is 32.6 Å². The van der Waals surface area contributed by atoms with Crippen LogP contribution in [0.2, 0.25) is 0 Å². The second-order valence-corrected chi connectivity index (χ2v) is 4.21. The smallest absolute Gasteiger partial charge is 0.104 e. The van der Waals surface area contributed by atoms with Gasteiger partial charge in [-0.1, -0.05) is 13.3 Å². The van der Waals surface area contributed by atoms with Gasteiger partial charge in [0.05, 0.1) is 0 Å². The Morgan fingerprint density at radius 2 is 2.33 bits per heavy atom. The first-order valence-corrected chi connectivity index (χ1v) is 4.87. The highest BCUT2D eigenvalue weighted by Crippen LogP contribution is 2.43. The SMILES string of the molecule is CCCC1(N)CCC(N)C2OC21. The van der Waals surface area contributed by atoms with Gasteiger partial charge < -0.3 is 16.2 Å². The van der Waals surface area contributed by atoms with Gasteiger partial charge in [0.25, 0.3) is 0 Å². The molecule has 0 bridgehead atoms. The Morgan fingerprint density at radius 3 is 3.00 bits per heavy atom. The fraction of sp³-hybridized carbons (Fsp3) is 1.00. The lowest BCUT2D eigenvalue weighted by Crippen LogP contribution is -2.52. The van der Waals surface area contributed by atoms with Gasteiger partial charge in [0.15, 0.2) is 0 Å². The van der Waals surface area contributed by atoms with Crippen molar-refractivity contribution in [1.82, 2.24) is 0 Å². The van der Waals surface area contributed by atoms with E-state index in [4.69, 9.17) is 16.2 Å². The second kappa shape index (κ2) is 2.69. The maximum atomic E-state index is 6.24. The van der Waals surface area contributed by atoms with E-state index in [-0.39, 0.29) is 23.8 Å². The highest BCUT2D eigenvalue weighted by Gasteiger charge is 2.57. The van der Waals surface area contributed by atoms with Crippen molar-refractivity contribution in [2.75, 3.05) is 0 Å². The van der Waals surface area contributed by atoms with Crippen molar-refractivity contribution in [3.63, 3.8) is 0 Å². The molecule has 1 aliphatic heterocycles. The van der Waals surface area contributed by atoms with E-state index in [1.807, 2.05) is 0 Å². The first-order chi connectivity index (χ1) is 5.67. The van der Waals surface area contributed by atoms with Crippen LogP contribution in [0, 0.1) is 0 Å². The summed E-state index contributed by atoms with van der Waals surface area (Å²) in [6.45, 7) is 2.17. The molecule has 3 nitrogen and oxygen atoms in total. The lowest BCUT2D eigenvalue weighted by Gasteiger charge is -2.32. The van der Waals surface area contributed by atoms with Crippen molar-refractivity contribution >= 4 is 0 Å². The van der Waals surface area contributed by atoms with Crippen LogP contribution in [0.15, 0.2) is 0 Å². The Morgan fingerprint density at radius 1 is 1.58 bits per heavy atom. The number of nitrogens with two attached hydrogens (primary N) is 2. The van der Waals surface area contributed by atoms with E-state index in [0.717, 1.165) is 25.7 Å². The Bertz CT molecular complexity index is 185. The molecule has 2 fully saturated rings. The van der Waals surface area contributed by atoms with Crippen LogP contribution in [0.3, 0.4) is 0 Å². The summed E-state index contributed by atoms with van der Waals surface area (Å²) in [5.74, 6) is 0. The molecule has 70 valence electrons. The third-order valence-electron chi connectivity index (χ3n) is 3.17. The number of rotatable bonds is 2. The highest BCUT2D eigenvalue weighted by atomic mass is 16.6. The fourth-order valence-electron chi connectivity index (χ4n) is 2.39. The molecule has 12 heavy (non-hydrogen) atoms. The highest BCUT2D eigenvalue weighted by molar-refractivity contribution is 5.12. The summed E-state index contributed by atoms with van der Waals surface area (Å²) in [4.78, 5) is 0. The molecule has 0 aromatic heterocycles. The normalized spacial score (nSPS) is 51.8. The van der Waals surface area contributed by atoms with E-state index in [9.17, 15) is 0 Å². The average molecular weight is 170 g/mol. The molecule has 0 aromatic rings. The van der Waals surface area contributed by atoms with E-state index < -0.39 is 0 Å². The van der Waals surface area contributed by atoms with Crippen LogP contribution in [0.25, 0.3) is 0 Å². The van der Waals surface area contributed by atoms with Gasteiger partial charge in [0.2, 0.25) is 0 Å². The van der Waals surface area contributed by atoms with Crippen molar-refractivity contribution in [2.45, 2.75) is 56.4 Å². The number of epoxide rings is 1. The summed E-state index contributed by atoms with van der Waals surface area (Å²) in [6, 6.07) is 0.239. The summed E-state index contributed by atoms with van der Waals surface area (Å²) >= 11 is 0. The zero-order valence-electron chi connectivity index (χ0n) is 7.62. The molecule has 0 aromatic carbocycles. The molecule has 1 heterocycles. The van der Waals surface area contributed by atoms with E-state index >= 15 is 0 Å². The van der Waals surface area contributed by atoms with E-state index in [2.05, 4.69) is 6.92 Å². The molecule has 1 saturated carbocycles. The lowest BCUT2D eigenvalue weighted by molar-refractivity contribution is 0.257. The van der Waals surface area contributed by atoms with Crippen LogP contribution in [0.5, 0.6) is 0 Å². The molecule has 0 spiro atoms. The predicted octanol–water partition coefficient (Wildman–Crippen LogP) is 0.373. The molecule has 2 rings (SSSR count). The Labute approximate surface area is 73.4 Å². The second-order valence-electron chi connectivity index (χ2n) is 4.21.